The number of fused-ring (bicyclic) bond motifs is 1. The number of carbonyl (C=O) groups excluding carboxylic acids is 1. The molecule has 0 saturated carbocycles. The van der Waals surface area contributed by atoms with E-state index in [1.54, 1.807) is 45.2 Å². The van der Waals surface area contributed by atoms with Crippen molar-refractivity contribution >= 4 is 38.6 Å². The van der Waals surface area contributed by atoms with Crippen LogP contribution in [0.15, 0.2) is 69.6 Å². The third kappa shape index (κ3) is 5.09. The number of halogens is 1. The number of amides is 1. The lowest BCUT2D eigenvalue weighted by Crippen LogP contribution is -2.42. The van der Waals surface area contributed by atoms with E-state index in [4.69, 9.17) is 13.9 Å². The van der Waals surface area contributed by atoms with Crippen molar-refractivity contribution in [2.75, 3.05) is 12.4 Å². The van der Waals surface area contributed by atoms with Gasteiger partial charge in [0.1, 0.15) is 17.0 Å². The van der Waals surface area contributed by atoms with Gasteiger partial charge in [-0.15, -0.1) is 0 Å². The molecule has 0 spiro atoms. The Balaban J connectivity index is 1.60. The lowest BCUT2D eigenvalue weighted by Gasteiger charge is -2.26. The summed E-state index contributed by atoms with van der Waals surface area (Å²) in [5, 5.41) is 2.93. The van der Waals surface area contributed by atoms with E-state index < -0.39 is 5.60 Å². The Hall–Kier alpha value is -3.32. The summed E-state index contributed by atoms with van der Waals surface area (Å²) in [6.45, 7) is 7.71. The van der Waals surface area contributed by atoms with Gasteiger partial charge in [0.15, 0.2) is 11.2 Å². The van der Waals surface area contributed by atoms with Crippen molar-refractivity contribution in [2.24, 2.45) is 0 Å². The molecule has 0 bridgehead atoms. The lowest BCUT2D eigenvalue weighted by atomic mass is 10.0. The number of hydrogen-bond donors (Lipinski definition) is 1. The number of methoxy groups -OCH3 is 1. The number of oxazole rings is 1. The van der Waals surface area contributed by atoms with Crippen LogP contribution >= 0.6 is 15.9 Å². The molecular formula is C27H27BrN2O4. The van der Waals surface area contributed by atoms with E-state index in [1.165, 1.54) is 5.56 Å². The van der Waals surface area contributed by atoms with Gasteiger partial charge in [0.2, 0.25) is 5.89 Å². The number of nitrogens with one attached hydrogen (secondary N) is 1. The molecule has 4 aromatic rings. The Morgan fingerprint density at radius 2 is 1.79 bits per heavy atom. The zero-order chi connectivity index (χ0) is 24.5. The highest BCUT2D eigenvalue weighted by Gasteiger charge is 2.31. The zero-order valence-corrected chi connectivity index (χ0v) is 21.4. The van der Waals surface area contributed by atoms with E-state index in [9.17, 15) is 4.79 Å². The van der Waals surface area contributed by atoms with Crippen LogP contribution in [0.3, 0.4) is 0 Å². The molecule has 0 aliphatic rings. The summed E-state index contributed by atoms with van der Waals surface area (Å²) in [4.78, 5) is 17.8. The van der Waals surface area contributed by atoms with E-state index in [2.05, 4.69) is 46.1 Å². The Kier molecular flexibility index (Phi) is 6.66. The van der Waals surface area contributed by atoms with Gasteiger partial charge >= 0.3 is 0 Å². The van der Waals surface area contributed by atoms with Crippen LogP contribution in [-0.4, -0.2) is 23.6 Å². The fraction of sp³-hybridized carbons (Fsp3) is 0.259. The van der Waals surface area contributed by atoms with Crippen molar-refractivity contribution in [1.29, 1.82) is 0 Å². The number of ether oxygens (including phenoxy) is 2. The SMILES string of the molecule is COc1ccc(-c2nc3cc(C(C)C)ccc3o2)cc1NC(=O)C(C)(C)Oc1ccc(Br)cc1. The summed E-state index contributed by atoms with van der Waals surface area (Å²) in [7, 11) is 1.56. The molecule has 1 N–H and O–H groups in total. The van der Waals surface area contributed by atoms with E-state index in [0.29, 0.717) is 34.6 Å². The topological polar surface area (TPSA) is 73.6 Å². The Labute approximate surface area is 207 Å². The maximum atomic E-state index is 13.1. The summed E-state index contributed by atoms with van der Waals surface area (Å²) >= 11 is 3.40. The van der Waals surface area contributed by atoms with Crippen LogP contribution in [0, 0.1) is 0 Å². The molecule has 6 nitrogen and oxygen atoms in total. The summed E-state index contributed by atoms with van der Waals surface area (Å²) in [6, 6.07) is 18.8. The molecule has 34 heavy (non-hydrogen) atoms. The van der Waals surface area contributed by atoms with E-state index in [-0.39, 0.29) is 5.91 Å². The molecule has 0 saturated heterocycles. The van der Waals surface area contributed by atoms with Crippen molar-refractivity contribution < 1.29 is 18.7 Å². The first-order valence-corrected chi connectivity index (χ1v) is 11.8. The van der Waals surface area contributed by atoms with Crippen LogP contribution in [0.25, 0.3) is 22.6 Å². The second-order valence-electron chi connectivity index (χ2n) is 8.84. The number of aromatic nitrogens is 1. The first kappa shape index (κ1) is 23.8. The third-order valence-electron chi connectivity index (χ3n) is 5.51. The molecule has 0 aliphatic carbocycles. The van der Waals surface area contributed by atoms with Gasteiger partial charge in [-0.2, -0.15) is 0 Å². The average Bonchev–Trinajstić information content (AvgIpc) is 3.24. The minimum Gasteiger partial charge on any atom is -0.495 e. The Morgan fingerprint density at radius 3 is 2.47 bits per heavy atom. The van der Waals surface area contributed by atoms with Crippen molar-refractivity contribution in [2.45, 2.75) is 39.2 Å². The van der Waals surface area contributed by atoms with E-state index >= 15 is 0 Å². The summed E-state index contributed by atoms with van der Waals surface area (Å²) < 4.78 is 18.3. The van der Waals surface area contributed by atoms with Crippen molar-refractivity contribution in [1.82, 2.24) is 4.98 Å². The van der Waals surface area contributed by atoms with Gasteiger partial charge in [-0.25, -0.2) is 4.98 Å². The quantitative estimate of drug-likeness (QED) is 0.278. The fourth-order valence-corrected chi connectivity index (χ4v) is 3.75. The molecular weight excluding hydrogens is 496 g/mol. The van der Waals surface area contributed by atoms with Crippen LogP contribution in [0.2, 0.25) is 0 Å². The highest BCUT2D eigenvalue weighted by molar-refractivity contribution is 9.10. The number of benzene rings is 3. The van der Waals surface area contributed by atoms with Gasteiger partial charge < -0.3 is 19.2 Å². The summed E-state index contributed by atoms with van der Waals surface area (Å²) in [5.41, 5.74) is 2.81. The minimum absolute atomic E-state index is 0.315. The second-order valence-corrected chi connectivity index (χ2v) is 9.75. The normalized spacial score (nSPS) is 11.6. The summed E-state index contributed by atoms with van der Waals surface area (Å²) in [6.07, 6.45) is 0. The highest BCUT2D eigenvalue weighted by Crippen LogP contribution is 2.33. The standard InChI is InChI=1S/C27H27BrN2O4/c1-16(2)17-6-13-24-22(14-17)29-25(33-24)18-7-12-23(32-5)21(15-18)30-26(31)27(3,4)34-20-10-8-19(28)9-11-20/h6-16H,1-5H3,(H,30,31). The molecule has 1 amide bonds. The maximum Gasteiger partial charge on any atom is 0.268 e. The third-order valence-corrected chi connectivity index (χ3v) is 6.04. The number of carbonyl (C=O) groups is 1. The minimum atomic E-state index is -1.13. The van der Waals surface area contributed by atoms with Gasteiger partial charge in [-0.05, 0) is 79.9 Å². The molecule has 7 heteroatoms. The fourth-order valence-electron chi connectivity index (χ4n) is 3.48. The van der Waals surface area contributed by atoms with Gasteiger partial charge in [0.05, 0.1) is 12.8 Å². The molecule has 0 atom stereocenters. The van der Waals surface area contributed by atoms with Crippen LogP contribution in [0.1, 0.15) is 39.2 Å². The molecule has 0 unspecified atom stereocenters. The molecule has 3 aromatic carbocycles. The molecule has 1 heterocycles. The molecule has 0 radical (unpaired) electrons. The largest absolute Gasteiger partial charge is 0.495 e. The van der Waals surface area contributed by atoms with Crippen LogP contribution in [0.4, 0.5) is 5.69 Å². The van der Waals surface area contributed by atoms with Crippen LogP contribution < -0.4 is 14.8 Å². The Bertz CT molecular complexity index is 1330. The number of nitrogens with zero attached hydrogens (tertiary/aromatic N) is 1. The average molecular weight is 523 g/mol. The number of anilines is 1. The van der Waals surface area contributed by atoms with Crippen molar-refractivity contribution in [3.8, 4) is 23.0 Å². The molecule has 4 rings (SSSR count). The van der Waals surface area contributed by atoms with E-state index in [0.717, 1.165) is 15.6 Å². The lowest BCUT2D eigenvalue weighted by molar-refractivity contribution is -0.128. The molecule has 0 fully saturated rings. The van der Waals surface area contributed by atoms with Crippen LogP contribution in [0.5, 0.6) is 11.5 Å². The van der Waals surface area contributed by atoms with Gasteiger partial charge in [0.25, 0.3) is 5.91 Å². The predicted molar refractivity (Wildman–Crippen MR) is 138 cm³/mol. The highest BCUT2D eigenvalue weighted by atomic mass is 79.9. The molecule has 176 valence electrons. The number of hydrogen-bond acceptors (Lipinski definition) is 5. The predicted octanol–water partition coefficient (Wildman–Crippen LogP) is 7.19. The van der Waals surface area contributed by atoms with E-state index in [1.807, 2.05) is 30.3 Å². The van der Waals surface area contributed by atoms with Crippen molar-refractivity contribution in [3.05, 3.63) is 70.7 Å². The number of rotatable bonds is 7. The first-order valence-electron chi connectivity index (χ1n) is 11.0. The van der Waals surface area contributed by atoms with Crippen molar-refractivity contribution in [3.63, 3.8) is 0 Å². The first-order chi connectivity index (χ1) is 16.2. The molecule has 0 aliphatic heterocycles. The zero-order valence-electron chi connectivity index (χ0n) is 19.8. The summed E-state index contributed by atoms with van der Waals surface area (Å²) in [5.74, 6) is 1.67. The van der Waals surface area contributed by atoms with Gasteiger partial charge in [0, 0.05) is 10.0 Å². The smallest absolute Gasteiger partial charge is 0.268 e. The maximum absolute atomic E-state index is 13.1. The van der Waals surface area contributed by atoms with Gasteiger partial charge in [-0.3, -0.25) is 4.79 Å². The second kappa shape index (κ2) is 9.50. The molecule has 1 aromatic heterocycles. The van der Waals surface area contributed by atoms with Crippen LogP contribution in [-0.2, 0) is 4.79 Å². The van der Waals surface area contributed by atoms with Gasteiger partial charge in [-0.1, -0.05) is 35.8 Å². The Morgan fingerprint density at radius 1 is 1.06 bits per heavy atom. The monoisotopic (exact) mass is 522 g/mol.